The van der Waals surface area contributed by atoms with E-state index >= 15 is 0 Å². The standard InChI is InChI=1S/C16H11F5IN3O/c17-10-2-1-3-12(14(10)18)26-9-6-11(23-5-4-16(19,20)21)15-24-7-13(22)25(15)8-9/h1-3,6-8,23H,4-5H2. The summed E-state index contributed by atoms with van der Waals surface area (Å²) in [6.45, 7) is -0.361. The van der Waals surface area contributed by atoms with Crippen LogP contribution in [-0.4, -0.2) is 22.1 Å². The van der Waals surface area contributed by atoms with Crippen molar-refractivity contribution in [2.75, 3.05) is 11.9 Å². The van der Waals surface area contributed by atoms with Gasteiger partial charge in [0.05, 0.1) is 24.5 Å². The number of benzene rings is 1. The van der Waals surface area contributed by atoms with Crippen LogP contribution in [0.1, 0.15) is 6.42 Å². The molecule has 0 atom stereocenters. The third-order valence-corrected chi connectivity index (χ3v) is 4.20. The number of pyridine rings is 1. The van der Waals surface area contributed by atoms with Crippen LogP contribution in [-0.2, 0) is 0 Å². The van der Waals surface area contributed by atoms with Crippen LogP contribution >= 0.6 is 22.6 Å². The van der Waals surface area contributed by atoms with Crippen LogP contribution in [0.5, 0.6) is 11.5 Å². The van der Waals surface area contributed by atoms with Crippen molar-refractivity contribution in [2.24, 2.45) is 0 Å². The number of imidazole rings is 1. The van der Waals surface area contributed by atoms with Crippen molar-refractivity contribution >= 4 is 33.9 Å². The summed E-state index contributed by atoms with van der Waals surface area (Å²) in [7, 11) is 0. The van der Waals surface area contributed by atoms with Crippen LogP contribution in [0, 0.1) is 15.3 Å². The van der Waals surface area contributed by atoms with E-state index in [2.05, 4.69) is 10.3 Å². The molecule has 0 unspecified atom stereocenters. The summed E-state index contributed by atoms with van der Waals surface area (Å²) in [6, 6.07) is 4.88. The Bertz CT molecular complexity index is 942. The molecule has 1 N–H and O–H groups in total. The molecule has 0 saturated carbocycles. The van der Waals surface area contributed by atoms with E-state index in [0.29, 0.717) is 9.35 Å². The topological polar surface area (TPSA) is 38.6 Å². The number of ether oxygens (including phenoxy) is 1. The molecule has 0 radical (unpaired) electrons. The summed E-state index contributed by atoms with van der Waals surface area (Å²) < 4.78 is 71.8. The molecule has 0 amide bonds. The zero-order valence-electron chi connectivity index (χ0n) is 12.9. The zero-order chi connectivity index (χ0) is 18.9. The van der Waals surface area contributed by atoms with Gasteiger partial charge in [-0.1, -0.05) is 6.07 Å². The lowest BCUT2D eigenvalue weighted by atomic mass is 10.3. The normalized spacial score (nSPS) is 11.8. The highest BCUT2D eigenvalue weighted by molar-refractivity contribution is 14.1. The minimum absolute atomic E-state index is 0.118. The van der Waals surface area contributed by atoms with Crippen LogP contribution in [0.2, 0.25) is 0 Å². The van der Waals surface area contributed by atoms with Gasteiger partial charge in [0.1, 0.15) is 9.45 Å². The molecular weight excluding hydrogens is 472 g/mol. The molecule has 26 heavy (non-hydrogen) atoms. The van der Waals surface area contributed by atoms with E-state index in [-0.39, 0.29) is 23.7 Å². The van der Waals surface area contributed by atoms with Gasteiger partial charge in [-0.25, -0.2) is 9.37 Å². The number of hydrogen-bond donors (Lipinski definition) is 1. The molecule has 0 aliphatic rings. The first-order valence-corrected chi connectivity index (χ1v) is 8.41. The number of anilines is 1. The van der Waals surface area contributed by atoms with Crippen LogP contribution in [0.25, 0.3) is 5.65 Å². The molecule has 0 aliphatic carbocycles. The van der Waals surface area contributed by atoms with Crippen molar-refractivity contribution in [3.05, 3.63) is 52.0 Å². The Labute approximate surface area is 158 Å². The number of halogens is 6. The first-order chi connectivity index (χ1) is 12.2. The number of aromatic nitrogens is 2. The van der Waals surface area contributed by atoms with E-state index in [1.165, 1.54) is 30.6 Å². The summed E-state index contributed by atoms with van der Waals surface area (Å²) >= 11 is 1.98. The molecule has 1 aromatic carbocycles. The molecule has 0 bridgehead atoms. The van der Waals surface area contributed by atoms with Crippen molar-refractivity contribution < 1.29 is 26.7 Å². The van der Waals surface area contributed by atoms with Gasteiger partial charge in [0.25, 0.3) is 0 Å². The molecule has 0 fully saturated rings. The second kappa shape index (κ2) is 7.25. The molecule has 0 aliphatic heterocycles. The smallest absolute Gasteiger partial charge is 0.390 e. The average molecular weight is 483 g/mol. The molecule has 4 nitrogen and oxygen atoms in total. The van der Waals surface area contributed by atoms with Gasteiger partial charge in [0.2, 0.25) is 5.82 Å². The first kappa shape index (κ1) is 18.7. The summed E-state index contributed by atoms with van der Waals surface area (Å²) in [5.74, 6) is -2.43. The second-order valence-electron chi connectivity index (χ2n) is 5.31. The fourth-order valence-corrected chi connectivity index (χ4v) is 2.76. The van der Waals surface area contributed by atoms with E-state index in [0.717, 1.165) is 6.07 Å². The Kier molecular flexibility index (Phi) is 5.21. The Balaban J connectivity index is 1.93. The van der Waals surface area contributed by atoms with Crippen LogP contribution in [0.4, 0.5) is 27.6 Å². The molecule has 0 saturated heterocycles. The lowest BCUT2D eigenvalue weighted by Crippen LogP contribution is -2.15. The third kappa shape index (κ3) is 4.17. The van der Waals surface area contributed by atoms with E-state index < -0.39 is 24.2 Å². The van der Waals surface area contributed by atoms with Gasteiger partial charge in [0, 0.05) is 12.6 Å². The monoisotopic (exact) mass is 483 g/mol. The van der Waals surface area contributed by atoms with Crippen molar-refractivity contribution in [1.82, 2.24) is 9.38 Å². The van der Waals surface area contributed by atoms with Gasteiger partial charge < -0.3 is 10.1 Å². The Morgan fingerprint density at radius 1 is 1.23 bits per heavy atom. The quantitative estimate of drug-likeness (QED) is 0.392. The van der Waals surface area contributed by atoms with Gasteiger partial charge in [-0.15, -0.1) is 0 Å². The van der Waals surface area contributed by atoms with E-state index in [9.17, 15) is 22.0 Å². The molecular formula is C16H11F5IN3O. The molecule has 0 spiro atoms. The van der Waals surface area contributed by atoms with E-state index in [4.69, 9.17) is 4.74 Å². The molecule has 3 aromatic rings. The fraction of sp³-hybridized carbons (Fsp3) is 0.188. The van der Waals surface area contributed by atoms with Crippen LogP contribution in [0.15, 0.2) is 36.7 Å². The lowest BCUT2D eigenvalue weighted by molar-refractivity contribution is -0.131. The third-order valence-electron chi connectivity index (χ3n) is 3.40. The molecule has 10 heteroatoms. The van der Waals surface area contributed by atoms with Crippen LogP contribution in [0.3, 0.4) is 0 Å². The number of alkyl halides is 3. The van der Waals surface area contributed by atoms with Gasteiger partial charge in [0.15, 0.2) is 17.2 Å². The summed E-state index contributed by atoms with van der Waals surface area (Å²) in [6.07, 6.45) is -2.31. The zero-order valence-corrected chi connectivity index (χ0v) is 15.1. The summed E-state index contributed by atoms with van der Waals surface area (Å²) in [5, 5.41) is 2.66. The fourth-order valence-electron chi connectivity index (χ4n) is 2.25. The number of nitrogens with zero attached hydrogens (tertiary/aromatic N) is 2. The van der Waals surface area contributed by atoms with Crippen LogP contribution < -0.4 is 10.1 Å². The predicted octanol–water partition coefficient (Wildman–Crippen LogP) is 5.37. The van der Waals surface area contributed by atoms with Crippen molar-refractivity contribution in [1.29, 1.82) is 0 Å². The first-order valence-electron chi connectivity index (χ1n) is 7.34. The second-order valence-corrected chi connectivity index (χ2v) is 6.42. The Morgan fingerprint density at radius 2 is 2.00 bits per heavy atom. The Morgan fingerprint density at radius 3 is 2.73 bits per heavy atom. The molecule has 3 rings (SSSR count). The van der Waals surface area contributed by atoms with Crippen molar-refractivity contribution in [3.63, 3.8) is 0 Å². The summed E-state index contributed by atoms with van der Waals surface area (Å²) in [5.41, 5.74) is 0.676. The van der Waals surface area contributed by atoms with Gasteiger partial charge in [-0.3, -0.25) is 4.40 Å². The maximum atomic E-state index is 13.8. The Hall–Kier alpha value is -2.11. The maximum Gasteiger partial charge on any atom is 0.390 e. The predicted molar refractivity (Wildman–Crippen MR) is 93.5 cm³/mol. The number of nitrogens with one attached hydrogen (secondary N) is 1. The molecule has 2 aromatic heterocycles. The van der Waals surface area contributed by atoms with Gasteiger partial charge in [-0.05, 0) is 34.7 Å². The molecule has 138 valence electrons. The number of fused-ring (bicyclic) bond motifs is 1. The molecule has 2 heterocycles. The van der Waals surface area contributed by atoms with E-state index in [1.54, 1.807) is 4.40 Å². The minimum atomic E-state index is -4.30. The SMILES string of the molecule is Fc1cccc(Oc2cc(NCCC(F)(F)F)c3ncc(I)n3c2)c1F. The van der Waals surface area contributed by atoms with E-state index in [1.807, 2.05) is 22.6 Å². The highest BCUT2D eigenvalue weighted by Gasteiger charge is 2.26. The summed E-state index contributed by atoms with van der Waals surface area (Å²) in [4.78, 5) is 4.14. The maximum absolute atomic E-state index is 13.8. The largest absolute Gasteiger partial charge is 0.453 e. The minimum Gasteiger partial charge on any atom is -0.453 e. The van der Waals surface area contributed by atoms with Crippen molar-refractivity contribution in [3.8, 4) is 11.5 Å². The highest BCUT2D eigenvalue weighted by Crippen LogP contribution is 2.30. The van der Waals surface area contributed by atoms with Gasteiger partial charge >= 0.3 is 6.18 Å². The number of hydrogen-bond acceptors (Lipinski definition) is 3. The van der Waals surface area contributed by atoms with Crippen molar-refractivity contribution in [2.45, 2.75) is 12.6 Å². The lowest BCUT2D eigenvalue weighted by Gasteiger charge is -2.13. The average Bonchev–Trinajstić information content (AvgIpc) is 2.92. The number of rotatable bonds is 5. The highest BCUT2D eigenvalue weighted by atomic mass is 127. The van der Waals surface area contributed by atoms with Gasteiger partial charge in [-0.2, -0.15) is 17.6 Å².